The SMILES string of the molecule is CC(C)(C)[Si](Oc1ccc(OC[C@@H](O)CNCCc2ccc(SC3CCN(C(=O)NCC4(c5ccccc5)CCCC4)CC3)cc2)cc1)(c1ccccc1)c1ccccc1. The minimum atomic E-state index is -2.72. The van der Waals surface area contributed by atoms with Gasteiger partial charge in [0.2, 0.25) is 0 Å². The van der Waals surface area contributed by atoms with Crippen LogP contribution in [-0.4, -0.2) is 75.0 Å². The van der Waals surface area contributed by atoms with E-state index in [1.54, 1.807) is 0 Å². The van der Waals surface area contributed by atoms with Crippen molar-refractivity contribution in [1.29, 1.82) is 0 Å². The summed E-state index contributed by atoms with van der Waals surface area (Å²) in [5.41, 5.74) is 2.70. The molecule has 1 atom stereocenters. The Kier molecular flexibility index (Phi) is 14.8. The molecule has 1 saturated carbocycles. The first-order valence-electron chi connectivity index (χ1n) is 21.9. The number of likely N-dealkylation sites (tertiary alicyclic amines) is 1. The molecular formula is C51H63N3O4SSi. The zero-order chi connectivity index (χ0) is 41.8. The van der Waals surface area contributed by atoms with E-state index in [9.17, 15) is 9.90 Å². The van der Waals surface area contributed by atoms with E-state index in [4.69, 9.17) is 9.16 Å². The van der Waals surface area contributed by atoms with Gasteiger partial charge in [0.1, 0.15) is 24.2 Å². The highest BCUT2D eigenvalue weighted by Crippen LogP contribution is 2.41. The van der Waals surface area contributed by atoms with Crippen LogP contribution >= 0.6 is 11.8 Å². The van der Waals surface area contributed by atoms with Crippen LogP contribution in [0.2, 0.25) is 5.04 Å². The van der Waals surface area contributed by atoms with E-state index < -0.39 is 14.4 Å². The van der Waals surface area contributed by atoms with Crippen LogP contribution in [0.3, 0.4) is 0 Å². The Hall–Kier alpha value is -4.54. The third-order valence-electron chi connectivity index (χ3n) is 12.4. The lowest BCUT2D eigenvalue weighted by Gasteiger charge is -2.43. The highest BCUT2D eigenvalue weighted by atomic mass is 32.2. The molecule has 0 spiro atoms. The van der Waals surface area contributed by atoms with Crippen molar-refractivity contribution in [2.75, 3.05) is 39.3 Å². The van der Waals surface area contributed by atoms with Gasteiger partial charge in [0, 0.05) is 41.7 Å². The fraction of sp³-hybridized carbons (Fsp3) is 0.392. The Balaban J connectivity index is 0.801. The fourth-order valence-corrected chi connectivity index (χ4v) is 14.6. The number of amides is 2. The van der Waals surface area contributed by atoms with Gasteiger partial charge in [-0.1, -0.05) is 137 Å². The molecule has 1 saturated heterocycles. The number of carbonyl (C=O) groups is 1. The second kappa shape index (κ2) is 20.3. The first-order valence-corrected chi connectivity index (χ1v) is 24.7. The minimum Gasteiger partial charge on any atom is -0.534 e. The maximum Gasteiger partial charge on any atom is 0.319 e. The van der Waals surface area contributed by atoms with Crippen LogP contribution in [-0.2, 0) is 11.8 Å². The molecule has 0 bridgehead atoms. The van der Waals surface area contributed by atoms with Gasteiger partial charge < -0.3 is 29.8 Å². The van der Waals surface area contributed by atoms with Crippen LogP contribution < -0.4 is 30.2 Å². The number of nitrogens with one attached hydrogen (secondary N) is 2. The molecule has 1 aliphatic heterocycles. The smallest absolute Gasteiger partial charge is 0.319 e. The molecule has 2 aliphatic rings. The lowest BCUT2D eigenvalue weighted by Crippen LogP contribution is -2.68. The number of hydrogen-bond donors (Lipinski definition) is 3. The molecule has 9 heteroatoms. The number of urea groups is 1. The summed E-state index contributed by atoms with van der Waals surface area (Å²) in [7, 11) is -2.72. The van der Waals surface area contributed by atoms with Gasteiger partial charge in [0.15, 0.2) is 0 Å². The number of thioether (sulfide) groups is 1. The first-order chi connectivity index (χ1) is 29.1. The van der Waals surface area contributed by atoms with Gasteiger partial charge in [-0.25, -0.2) is 4.79 Å². The number of rotatable bonds is 17. The molecule has 60 heavy (non-hydrogen) atoms. The Morgan fingerprint density at radius 3 is 1.95 bits per heavy atom. The standard InChI is InChI=1S/C51H63N3O4SSi/c1-50(2,3)60(47-17-9-5-10-18-47,48-19-11-6-12-20-48)58-44-25-23-43(24-26-44)57-38-42(55)37-52-34-29-40-21-27-45(28-22-40)59-46-30-35-54(36-31-46)49(56)53-39-51(32-13-14-33-51)41-15-7-4-8-16-41/h4-12,15-28,42,46,52,55H,13-14,29-39H2,1-3H3,(H,53,56)/t42-/m0/s1. The van der Waals surface area contributed by atoms with Gasteiger partial charge in [-0.3, -0.25) is 0 Å². The summed E-state index contributed by atoms with van der Waals surface area (Å²) in [5.74, 6) is 1.50. The van der Waals surface area contributed by atoms with E-state index in [-0.39, 0.29) is 23.1 Å². The lowest BCUT2D eigenvalue weighted by atomic mass is 9.79. The molecule has 0 unspecified atom stereocenters. The van der Waals surface area contributed by atoms with Gasteiger partial charge in [0.25, 0.3) is 0 Å². The zero-order valence-electron chi connectivity index (χ0n) is 35.7. The summed E-state index contributed by atoms with van der Waals surface area (Å²) in [5, 5.41) is 20.2. The van der Waals surface area contributed by atoms with Crippen LogP contribution in [0.1, 0.15) is 70.4 Å². The maximum absolute atomic E-state index is 13.2. The predicted molar refractivity (Wildman–Crippen MR) is 250 cm³/mol. The van der Waals surface area contributed by atoms with Crippen molar-refractivity contribution in [2.45, 2.75) is 92.4 Å². The normalized spacial score (nSPS) is 16.3. The number of aliphatic hydroxyl groups is 1. The average molecular weight is 842 g/mol. The van der Waals surface area contributed by atoms with Crippen LogP contribution in [0, 0.1) is 0 Å². The number of nitrogens with zero attached hydrogens (tertiary/aromatic N) is 1. The van der Waals surface area contributed by atoms with Crippen LogP contribution in [0.4, 0.5) is 4.79 Å². The van der Waals surface area contributed by atoms with Gasteiger partial charge in [-0.2, -0.15) is 0 Å². The monoisotopic (exact) mass is 841 g/mol. The molecule has 5 aromatic carbocycles. The first kappa shape index (κ1) is 43.5. The number of benzene rings is 5. The molecule has 1 aliphatic carbocycles. The van der Waals surface area contributed by atoms with E-state index >= 15 is 0 Å². The fourth-order valence-electron chi connectivity index (χ4n) is 9.05. The van der Waals surface area contributed by atoms with Crippen LogP contribution in [0.25, 0.3) is 0 Å². The molecule has 3 N–H and O–H groups in total. The average Bonchev–Trinajstić information content (AvgIpc) is 3.77. The Morgan fingerprint density at radius 1 is 0.800 bits per heavy atom. The van der Waals surface area contributed by atoms with Gasteiger partial charge >= 0.3 is 14.3 Å². The molecule has 2 amide bonds. The largest absolute Gasteiger partial charge is 0.534 e. The van der Waals surface area contributed by atoms with Crippen LogP contribution in [0.5, 0.6) is 11.5 Å². The summed E-state index contributed by atoms with van der Waals surface area (Å²) >= 11 is 1.93. The van der Waals surface area contributed by atoms with Crippen molar-refractivity contribution in [3.8, 4) is 11.5 Å². The summed E-state index contributed by atoms with van der Waals surface area (Å²) in [4.78, 5) is 16.5. The summed E-state index contributed by atoms with van der Waals surface area (Å²) in [6.45, 7) is 10.6. The van der Waals surface area contributed by atoms with Crippen molar-refractivity contribution in [1.82, 2.24) is 15.5 Å². The lowest BCUT2D eigenvalue weighted by molar-refractivity contribution is 0.106. The summed E-state index contributed by atoms with van der Waals surface area (Å²) in [6, 6.07) is 48.8. The maximum atomic E-state index is 13.2. The van der Waals surface area contributed by atoms with Crippen molar-refractivity contribution < 1.29 is 19.1 Å². The summed E-state index contributed by atoms with van der Waals surface area (Å²) < 4.78 is 13.1. The van der Waals surface area contributed by atoms with E-state index in [2.05, 4.69) is 147 Å². The van der Waals surface area contributed by atoms with Crippen molar-refractivity contribution in [3.63, 3.8) is 0 Å². The number of aliphatic hydroxyl groups excluding tert-OH is 1. The van der Waals surface area contributed by atoms with Gasteiger partial charge in [0.05, 0.1) is 0 Å². The summed E-state index contributed by atoms with van der Waals surface area (Å²) in [6.07, 6.45) is 7.00. The molecule has 7 nitrogen and oxygen atoms in total. The Bertz CT molecular complexity index is 2010. The molecule has 1 heterocycles. The van der Waals surface area contributed by atoms with Crippen LogP contribution in [0.15, 0.2) is 144 Å². The topological polar surface area (TPSA) is 83.1 Å². The molecule has 0 radical (unpaired) electrons. The van der Waals surface area contributed by atoms with Crippen molar-refractivity contribution in [3.05, 3.63) is 151 Å². The van der Waals surface area contributed by atoms with E-state index in [0.717, 1.165) is 64.0 Å². The van der Waals surface area contributed by atoms with Crippen molar-refractivity contribution >= 4 is 36.5 Å². The quantitative estimate of drug-likeness (QED) is 0.0641. The number of ether oxygens (including phenoxy) is 1. The number of piperidine rings is 1. The highest BCUT2D eigenvalue weighted by Gasteiger charge is 2.52. The molecule has 316 valence electrons. The molecule has 7 rings (SSSR count). The minimum absolute atomic E-state index is 0.0741. The number of hydrogen-bond acceptors (Lipinski definition) is 6. The van der Waals surface area contributed by atoms with Gasteiger partial charge in [-0.05, 0) is 102 Å². The zero-order valence-corrected chi connectivity index (χ0v) is 37.5. The second-order valence-corrected chi connectivity index (χ2v) is 23.2. The Labute approximate surface area is 363 Å². The molecule has 0 aromatic heterocycles. The van der Waals surface area contributed by atoms with E-state index in [0.29, 0.717) is 17.5 Å². The van der Waals surface area contributed by atoms with E-state index in [1.807, 2.05) is 40.9 Å². The molecule has 2 fully saturated rings. The molecular weight excluding hydrogens is 779 g/mol. The predicted octanol–water partition coefficient (Wildman–Crippen LogP) is 8.98. The number of carbonyl (C=O) groups excluding carboxylic acids is 1. The van der Waals surface area contributed by atoms with E-state index in [1.165, 1.54) is 39.2 Å². The third kappa shape index (κ3) is 10.8. The van der Waals surface area contributed by atoms with Crippen molar-refractivity contribution in [2.24, 2.45) is 0 Å². The highest BCUT2D eigenvalue weighted by molar-refractivity contribution is 8.00. The molecule has 5 aromatic rings. The van der Waals surface area contributed by atoms with Gasteiger partial charge in [-0.15, -0.1) is 11.8 Å². The third-order valence-corrected chi connectivity index (χ3v) is 18.7. The second-order valence-electron chi connectivity index (χ2n) is 17.6. The Morgan fingerprint density at radius 2 is 1.37 bits per heavy atom.